The van der Waals surface area contributed by atoms with Crippen LogP contribution in [0, 0.1) is 28.6 Å². The van der Waals surface area contributed by atoms with Crippen LogP contribution in [0.3, 0.4) is 0 Å². The molecule has 4 fully saturated rings. The van der Waals surface area contributed by atoms with E-state index in [2.05, 4.69) is 27.7 Å². The van der Waals surface area contributed by atoms with E-state index in [0.717, 1.165) is 11.8 Å². The molecule has 0 amide bonds. The number of hydrogen-bond acceptors (Lipinski definition) is 2. The highest BCUT2D eigenvalue weighted by Crippen LogP contribution is 2.74. The van der Waals surface area contributed by atoms with Crippen LogP contribution in [0.1, 0.15) is 53.4 Å². The second kappa shape index (κ2) is 3.15. The van der Waals surface area contributed by atoms with Crippen molar-refractivity contribution in [2.45, 2.75) is 65.1 Å². The van der Waals surface area contributed by atoms with E-state index in [1.54, 1.807) is 0 Å². The fourth-order valence-electron chi connectivity index (χ4n) is 6.48. The van der Waals surface area contributed by atoms with Gasteiger partial charge < -0.3 is 9.47 Å². The Morgan fingerprint density at radius 3 is 2.56 bits per heavy atom. The zero-order valence-electron chi connectivity index (χ0n) is 12.2. The Labute approximate surface area is 110 Å². The first-order valence-electron chi connectivity index (χ1n) is 7.67. The Bertz CT molecular complexity index is 387. The Balaban J connectivity index is 1.85. The van der Waals surface area contributed by atoms with Crippen LogP contribution < -0.4 is 0 Å². The van der Waals surface area contributed by atoms with Crippen molar-refractivity contribution in [3.63, 3.8) is 0 Å². The van der Waals surface area contributed by atoms with Crippen LogP contribution >= 0.6 is 0 Å². The SMILES string of the molecule is C[C@@H]1CC[C@H]2C(C)(C)[C@@H]3C[C@@]12C[C@H]1OCO[C@@]13C. The lowest BCUT2D eigenvalue weighted by Gasteiger charge is -2.47. The largest absolute Gasteiger partial charge is 0.349 e. The number of fused-ring (bicyclic) bond motifs is 3. The van der Waals surface area contributed by atoms with Crippen LogP contribution in [0.4, 0.5) is 0 Å². The highest BCUT2D eigenvalue weighted by Gasteiger charge is 2.72. The van der Waals surface area contributed by atoms with Crippen LogP contribution in [0.5, 0.6) is 0 Å². The predicted octanol–water partition coefficient (Wildman–Crippen LogP) is 3.60. The molecule has 0 unspecified atom stereocenters. The molecule has 4 aliphatic rings. The summed E-state index contributed by atoms with van der Waals surface area (Å²) < 4.78 is 12.0. The summed E-state index contributed by atoms with van der Waals surface area (Å²) in [5.74, 6) is 2.44. The lowest BCUT2D eigenvalue weighted by molar-refractivity contribution is -0.0894. The van der Waals surface area contributed by atoms with E-state index >= 15 is 0 Å². The van der Waals surface area contributed by atoms with Crippen LogP contribution in [0.25, 0.3) is 0 Å². The summed E-state index contributed by atoms with van der Waals surface area (Å²) in [6.45, 7) is 10.3. The van der Waals surface area contributed by atoms with Gasteiger partial charge in [-0.15, -0.1) is 0 Å². The first-order valence-corrected chi connectivity index (χ1v) is 7.67. The van der Waals surface area contributed by atoms with Crippen LogP contribution in [0.15, 0.2) is 0 Å². The number of ether oxygens (including phenoxy) is 2. The third kappa shape index (κ3) is 1.06. The van der Waals surface area contributed by atoms with E-state index in [9.17, 15) is 0 Å². The minimum absolute atomic E-state index is 0.0151. The predicted molar refractivity (Wildman–Crippen MR) is 70.1 cm³/mol. The molecule has 2 heteroatoms. The van der Waals surface area contributed by atoms with Gasteiger partial charge in [-0.1, -0.05) is 20.8 Å². The van der Waals surface area contributed by atoms with Gasteiger partial charge in [0.2, 0.25) is 0 Å². The molecular weight excluding hydrogens is 224 g/mol. The lowest BCUT2D eigenvalue weighted by atomic mass is 9.63. The van der Waals surface area contributed by atoms with Gasteiger partial charge in [0.05, 0.1) is 11.7 Å². The third-order valence-corrected chi connectivity index (χ3v) is 7.48. The molecule has 3 saturated carbocycles. The van der Waals surface area contributed by atoms with Gasteiger partial charge in [-0.3, -0.25) is 0 Å². The van der Waals surface area contributed by atoms with Gasteiger partial charge in [0.25, 0.3) is 0 Å². The monoisotopic (exact) mass is 250 g/mol. The molecule has 1 spiro atoms. The van der Waals surface area contributed by atoms with Crippen LogP contribution in [0.2, 0.25) is 0 Å². The molecule has 0 radical (unpaired) electrons. The average Bonchev–Trinajstić information content (AvgIpc) is 2.87. The Morgan fingerprint density at radius 2 is 1.78 bits per heavy atom. The van der Waals surface area contributed by atoms with E-state index in [0.29, 0.717) is 29.6 Å². The molecule has 0 aromatic heterocycles. The fourth-order valence-corrected chi connectivity index (χ4v) is 6.48. The molecule has 1 aliphatic heterocycles. The Hall–Kier alpha value is -0.0800. The van der Waals surface area contributed by atoms with Gasteiger partial charge in [-0.2, -0.15) is 0 Å². The normalized spacial score (nSPS) is 60.7. The van der Waals surface area contributed by atoms with Gasteiger partial charge in [-0.25, -0.2) is 0 Å². The van der Waals surface area contributed by atoms with Crippen LogP contribution in [-0.2, 0) is 9.47 Å². The van der Waals surface area contributed by atoms with Crippen molar-refractivity contribution in [2.75, 3.05) is 6.79 Å². The molecule has 1 heterocycles. The molecule has 6 atom stereocenters. The molecule has 18 heavy (non-hydrogen) atoms. The molecular formula is C16H26O2. The molecule has 0 aromatic carbocycles. The summed E-state index contributed by atoms with van der Waals surface area (Å²) in [6, 6.07) is 0. The zero-order chi connectivity index (χ0) is 12.8. The summed E-state index contributed by atoms with van der Waals surface area (Å²) in [5, 5.41) is 0. The second-order valence-corrected chi connectivity index (χ2v) is 8.15. The Kier molecular flexibility index (Phi) is 2.05. The van der Waals surface area contributed by atoms with E-state index in [1.165, 1.54) is 25.7 Å². The molecule has 3 aliphatic carbocycles. The molecule has 4 rings (SSSR count). The van der Waals surface area contributed by atoms with Crippen molar-refractivity contribution >= 4 is 0 Å². The van der Waals surface area contributed by atoms with Gasteiger partial charge in [0.1, 0.15) is 6.79 Å². The second-order valence-electron chi connectivity index (χ2n) is 8.15. The maximum Gasteiger partial charge on any atom is 0.148 e. The maximum atomic E-state index is 6.09. The van der Waals surface area contributed by atoms with Gasteiger partial charge >= 0.3 is 0 Å². The highest BCUT2D eigenvalue weighted by molar-refractivity contribution is 5.20. The van der Waals surface area contributed by atoms with Crippen molar-refractivity contribution in [2.24, 2.45) is 28.6 Å². The smallest absolute Gasteiger partial charge is 0.148 e. The van der Waals surface area contributed by atoms with E-state index in [4.69, 9.17) is 9.47 Å². The Morgan fingerprint density at radius 1 is 1.00 bits per heavy atom. The lowest BCUT2D eigenvalue weighted by Crippen LogP contribution is -2.52. The minimum atomic E-state index is -0.0151. The van der Waals surface area contributed by atoms with Crippen LogP contribution in [-0.4, -0.2) is 18.5 Å². The summed E-state index contributed by atoms with van der Waals surface area (Å²) in [6.07, 6.45) is 5.82. The fraction of sp³-hybridized carbons (Fsp3) is 1.00. The number of rotatable bonds is 0. The summed E-state index contributed by atoms with van der Waals surface area (Å²) in [4.78, 5) is 0. The molecule has 102 valence electrons. The zero-order valence-corrected chi connectivity index (χ0v) is 12.2. The van der Waals surface area contributed by atoms with Crippen molar-refractivity contribution < 1.29 is 9.47 Å². The van der Waals surface area contributed by atoms with Crippen molar-refractivity contribution in [3.05, 3.63) is 0 Å². The quantitative estimate of drug-likeness (QED) is 0.654. The molecule has 1 saturated heterocycles. The maximum absolute atomic E-state index is 6.09. The topological polar surface area (TPSA) is 18.5 Å². The standard InChI is InChI=1S/C16H26O2/c1-10-5-6-11-14(2,3)12-7-16(10,11)8-13-15(12,4)18-9-17-13/h10-13H,5-9H2,1-4H3/t10-,11+,12+,13-,15-,16-/m1/s1. The summed E-state index contributed by atoms with van der Waals surface area (Å²) >= 11 is 0. The van der Waals surface area contributed by atoms with Crippen molar-refractivity contribution in [1.29, 1.82) is 0 Å². The molecule has 0 aromatic rings. The summed E-state index contributed by atoms with van der Waals surface area (Å²) in [5.41, 5.74) is 0.965. The third-order valence-electron chi connectivity index (χ3n) is 7.48. The van der Waals surface area contributed by atoms with Crippen molar-refractivity contribution in [1.82, 2.24) is 0 Å². The minimum Gasteiger partial charge on any atom is -0.349 e. The first-order chi connectivity index (χ1) is 8.41. The van der Waals surface area contributed by atoms with Gasteiger partial charge in [0.15, 0.2) is 0 Å². The number of hydrogen-bond donors (Lipinski definition) is 0. The molecule has 2 nitrogen and oxygen atoms in total. The van der Waals surface area contributed by atoms with Crippen molar-refractivity contribution in [3.8, 4) is 0 Å². The average molecular weight is 250 g/mol. The van der Waals surface area contributed by atoms with Gasteiger partial charge in [-0.05, 0) is 61.2 Å². The molecule has 2 bridgehead atoms. The van der Waals surface area contributed by atoms with E-state index in [1.807, 2.05) is 0 Å². The van der Waals surface area contributed by atoms with E-state index < -0.39 is 0 Å². The highest BCUT2D eigenvalue weighted by atomic mass is 16.7. The summed E-state index contributed by atoms with van der Waals surface area (Å²) in [7, 11) is 0. The first kappa shape index (κ1) is 11.7. The van der Waals surface area contributed by atoms with Gasteiger partial charge in [0, 0.05) is 0 Å². The molecule has 0 N–H and O–H groups in total. The van der Waals surface area contributed by atoms with E-state index in [-0.39, 0.29) is 5.60 Å².